The zero-order valence-electron chi connectivity index (χ0n) is 12.6. The maximum Gasteiger partial charge on any atom is 0.0502 e. The lowest BCUT2D eigenvalue weighted by Gasteiger charge is -2.10. The normalized spacial score (nSPS) is 10.8. The molecular formula is C18H23NO. The van der Waals surface area contributed by atoms with Crippen LogP contribution < -0.4 is 5.32 Å². The zero-order valence-corrected chi connectivity index (χ0v) is 12.6. The molecule has 20 heavy (non-hydrogen) atoms. The summed E-state index contributed by atoms with van der Waals surface area (Å²) in [6, 6.07) is 15.4. The molecule has 0 saturated carbocycles. The second kappa shape index (κ2) is 7.22. The van der Waals surface area contributed by atoms with E-state index in [9.17, 15) is 0 Å². The molecular weight excluding hydrogens is 246 g/mol. The third kappa shape index (κ3) is 3.69. The topological polar surface area (TPSA) is 21.3 Å². The van der Waals surface area contributed by atoms with Gasteiger partial charge >= 0.3 is 0 Å². The summed E-state index contributed by atoms with van der Waals surface area (Å²) in [7, 11) is 3.71. The lowest BCUT2D eigenvalue weighted by molar-refractivity contribution is 0.202. The Labute approximate surface area is 121 Å². The maximum absolute atomic E-state index is 5.11. The van der Waals surface area contributed by atoms with E-state index < -0.39 is 0 Å². The monoisotopic (exact) mass is 269 g/mol. The van der Waals surface area contributed by atoms with Crippen LogP contribution in [0.25, 0.3) is 11.1 Å². The van der Waals surface area contributed by atoms with Crippen molar-refractivity contribution in [2.45, 2.75) is 19.9 Å². The third-order valence-corrected chi connectivity index (χ3v) is 3.53. The second-order valence-electron chi connectivity index (χ2n) is 5.12. The SMILES string of the molecule is CNCc1ccc(-c2ccc(CCOC)cc2)c(C)c1. The molecule has 106 valence electrons. The van der Waals surface area contributed by atoms with Crippen LogP contribution in [-0.4, -0.2) is 20.8 Å². The summed E-state index contributed by atoms with van der Waals surface area (Å²) in [5.74, 6) is 0. The van der Waals surface area contributed by atoms with Crippen molar-refractivity contribution in [3.63, 3.8) is 0 Å². The van der Waals surface area contributed by atoms with Gasteiger partial charge in [-0.15, -0.1) is 0 Å². The number of hydrogen-bond donors (Lipinski definition) is 1. The van der Waals surface area contributed by atoms with Crippen LogP contribution in [0.5, 0.6) is 0 Å². The minimum Gasteiger partial charge on any atom is -0.384 e. The average molecular weight is 269 g/mol. The Kier molecular flexibility index (Phi) is 5.33. The highest BCUT2D eigenvalue weighted by Gasteiger charge is 2.03. The molecule has 0 radical (unpaired) electrons. The Bertz CT molecular complexity index is 546. The van der Waals surface area contributed by atoms with Crippen LogP contribution >= 0.6 is 0 Å². The molecule has 0 unspecified atom stereocenters. The molecule has 0 atom stereocenters. The van der Waals surface area contributed by atoms with Crippen molar-refractivity contribution in [1.29, 1.82) is 0 Å². The van der Waals surface area contributed by atoms with Gasteiger partial charge in [-0.2, -0.15) is 0 Å². The van der Waals surface area contributed by atoms with Gasteiger partial charge < -0.3 is 10.1 Å². The molecule has 2 rings (SSSR count). The van der Waals surface area contributed by atoms with Gasteiger partial charge in [-0.3, -0.25) is 0 Å². The third-order valence-electron chi connectivity index (χ3n) is 3.53. The van der Waals surface area contributed by atoms with E-state index in [-0.39, 0.29) is 0 Å². The summed E-state index contributed by atoms with van der Waals surface area (Å²) >= 11 is 0. The predicted molar refractivity (Wildman–Crippen MR) is 85.0 cm³/mol. The van der Waals surface area contributed by atoms with Gasteiger partial charge in [0.15, 0.2) is 0 Å². The highest BCUT2D eigenvalue weighted by molar-refractivity contribution is 5.67. The van der Waals surface area contributed by atoms with Crippen LogP contribution in [0.3, 0.4) is 0 Å². The molecule has 0 aliphatic rings. The minimum absolute atomic E-state index is 0.775. The molecule has 2 aromatic carbocycles. The summed E-state index contributed by atoms with van der Waals surface area (Å²) in [6.45, 7) is 3.86. The minimum atomic E-state index is 0.775. The summed E-state index contributed by atoms with van der Waals surface area (Å²) in [5, 5.41) is 3.19. The predicted octanol–water partition coefficient (Wildman–Crippen LogP) is 3.57. The number of aryl methyl sites for hydroxylation is 1. The first-order valence-electron chi connectivity index (χ1n) is 7.07. The zero-order chi connectivity index (χ0) is 14.4. The molecule has 0 amide bonds. The van der Waals surface area contributed by atoms with Crippen molar-refractivity contribution in [2.75, 3.05) is 20.8 Å². The number of ether oxygens (including phenoxy) is 1. The van der Waals surface area contributed by atoms with Crippen LogP contribution in [0.15, 0.2) is 42.5 Å². The van der Waals surface area contributed by atoms with E-state index in [0.717, 1.165) is 19.6 Å². The number of hydrogen-bond acceptors (Lipinski definition) is 2. The molecule has 2 nitrogen and oxygen atoms in total. The van der Waals surface area contributed by atoms with Crippen LogP contribution in [0.2, 0.25) is 0 Å². The van der Waals surface area contributed by atoms with Crippen molar-refractivity contribution in [2.24, 2.45) is 0 Å². The number of benzene rings is 2. The van der Waals surface area contributed by atoms with Crippen LogP contribution in [0, 0.1) is 6.92 Å². The molecule has 0 aliphatic carbocycles. The Morgan fingerprint density at radius 2 is 1.70 bits per heavy atom. The maximum atomic E-state index is 5.11. The van der Waals surface area contributed by atoms with Gasteiger partial charge in [-0.1, -0.05) is 42.5 Å². The highest BCUT2D eigenvalue weighted by Crippen LogP contribution is 2.24. The average Bonchev–Trinajstić information content (AvgIpc) is 2.46. The van der Waals surface area contributed by atoms with Crippen LogP contribution in [-0.2, 0) is 17.7 Å². The molecule has 0 saturated heterocycles. The molecule has 0 aliphatic heterocycles. The van der Waals surface area contributed by atoms with Gasteiger partial charge in [0.05, 0.1) is 6.61 Å². The van der Waals surface area contributed by atoms with E-state index in [4.69, 9.17) is 4.74 Å². The van der Waals surface area contributed by atoms with Gasteiger partial charge in [0.2, 0.25) is 0 Å². The lowest BCUT2D eigenvalue weighted by atomic mass is 9.97. The standard InChI is InChI=1S/C18H23NO/c1-14-12-16(13-19-2)6-9-18(14)17-7-4-15(5-8-17)10-11-20-3/h4-9,12,19H,10-11,13H2,1-3H3. The Hall–Kier alpha value is -1.64. The Morgan fingerprint density at radius 1 is 1.00 bits per heavy atom. The molecule has 0 fully saturated rings. The van der Waals surface area contributed by atoms with Crippen molar-refractivity contribution >= 4 is 0 Å². The Morgan fingerprint density at radius 3 is 2.30 bits per heavy atom. The van der Waals surface area contributed by atoms with E-state index in [2.05, 4.69) is 54.7 Å². The van der Waals surface area contributed by atoms with E-state index in [0.29, 0.717) is 0 Å². The summed E-state index contributed by atoms with van der Waals surface area (Å²) < 4.78 is 5.11. The second-order valence-corrected chi connectivity index (χ2v) is 5.12. The number of rotatable bonds is 6. The van der Waals surface area contributed by atoms with E-state index in [1.807, 2.05) is 7.05 Å². The number of methoxy groups -OCH3 is 1. The van der Waals surface area contributed by atoms with Crippen molar-refractivity contribution in [3.05, 3.63) is 59.2 Å². The van der Waals surface area contributed by atoms with Crippen LogP contribution in [0.1, 0.15) is 16.7 Å². The first-order chi connectivity index (χ1) is 9.74. The summed E-state index contributed by atoms with van der Waals surface area (Å²) in [4.78, 5) is 0. The fourth-order valence-electron chi connectivity index (χ4n) is 2.43. The molecule has 0 heterocycles. The largest absolute Gasteiger partial charge is 0.384 e. The summed E-state index contributed by atoms with van der Waals surface area (Å²) in [5.41, 5.74) is 6.55. The molecule has 0 spiro atoms. The van der Waals surface area contributed by atoms with Crippen LogP contribution in [0.4, 0.5) is 0 Å². The first-order valence-corrected chi connectivity index (χ1v) is 7.07. The van der Waals surface area contributed by atoms with E-state index in [1.165, 1.54) is 27.8 Å². The van der Waals surface area contributed by atoms with Gasteiger partial charge in [0.1, 0.15) is 0 Å². The smallest absolute Gasteiger partial charge is 0.0502 e. The van der Waals surface area contributed by atoms with Gasteiger partial charge in [0.25, 0.3) is 0 Å². The molecule has 1 N–H and O–H groups in total. The molecule has 0 bridgehead atoms. The van der Waals surface area contributed by atoms with E-state index >= 15 is 0 Å². The quantitative estimate of drug-likeness (QED) is 0.865. The van der Waals surface area contributed by atoms with Gasteiger partial charge in [-0.25, -0.2) is 0 Å². The highest BCUT2D eigenvalue weighted by atomic mass is 16.5. The lowest BCUT2D eigenvalue weighted by Crippen LogP contribution is -2.05. The van der Waals surface area contributed by atoms with E-state index in [1.54, 1.807) is 7.11 Å². The van der Waals surface area contributed by atoms with Crippen molar-refractivity contribution in [3.8, 4) is 11.1 Å². The Balaban J connectivity index is 2.18. The van der Waals surface area contributed by atoms with Gasteiger partial charge in [0, 0.05) is 13.7 Å². The first kappa shape index (κ1) is 14.8. The van der Waals surface area contributed by atoms with Crippen molar-refractivity contribution < 1.29 is 4.74 Å². The number of nitrogens with one attached hydrogen (secondary N) is 1. The fraction of sp³-hybridized carbons (Fsp3) is 0.333. The summed E-state index contributed by atoms with van der Waals surface area (Å²) in [6.07, 6.45) is 0.969. The molecule has 2 aromatic rings. The van der Waals surface area contributed by atoms with Gasteiger partial charge in [-0.05, 0) is 48.2 Å². The fourth-order valence-corrected chi connectivity index (χ4v) is 2.43. The molecule has 0 aromatic heterocycles. The van der Waals surface area contributed by atoms with Crippen molar-refractivity contribution in [1.82, 2.24) is 5.32 Å². The molecule has 2 heteroatoms.